The van der Waals surface area contributed by atoms with Crippen molar-refractivity contribution < 1.29 is 4.79 Å². The van der Waals surface area contributed by atoms with Gasteiger partial charge < -0.3 is 10.2 Å². The molecule has 1 rings (SSSR count). The Labute approximate surface area is 108 Å². The van der Waals surface area contributed by atoms with E-state index in [0.717, 1.165) is 12.1 Å². The third-order valence-corrected chi connectivity index (χ3v) is 3.01. The number of halogens is 1. The first kappa shape index (κ1) is 13.8. The Morgan fingerprint density at radius 2 is 2.18 bits per heavy atom. The van der Waals surface area contributed by atoms with Crippen molar-refractivity contribution in [2.24, 2.45) is 0 Å². The van der Waals surface area contributed by atoms with Gasteiger partial charge in [0.15, 0.2) is 0 Å². The number of alkyl halides is 1. The minimum absolute atomic E-state index is 0.00372. The number of benzene rings is 1. The van der Waals surface area contributed by atoms with Gasteiger partial charge in [-0.25, -0.2) is 0 Å². The van der Waals surface area contributed by atoms with Crippen LogP contribution < -0.4 is 10.2 Å². The Balaban J connectivity index is 2.66. The maximum atomic E-state index is 11.9. The predicted octanol–water partition coefficient (Wildman–Crippen LogP) is 2.50. The fourth-order valence-electron chi connectivity index (χ4n) is 1.38. The number of amides is 1. The van der Waals surface area contributed by atoms with Gasteiger partial charge in [0.25, 0.3) is 5.91 Å². The number of rotatable bonds is 5. The molecule has 0 aromatic heterocycles. The van der Waals surface area contributed by atoms with Crippen molar-refractivity contribution in [3.05, 3.63) is 29.8 Å². The van der Waals surface area contributed by atoms with E-state index in [-0.39, 0.29) is 11.3 Å². The van der Waals surface area contributed by atoms with Crippen LogP contribution in [-0.2, 0) is 0 Å². The lowest BCUT2D eigenvalue weighted by atomic mass is 10.2. The first-order chi connectivity index (χ1) is 8.04. The van der Waals surface area contributed by atoms with Gasteiger partial charge >= 0.3 is 0 Å². The van der Waals surface area contributed by atoms with Crippen molar-refractivity contribution in [3.63, 3.8) is 0 Å². The van der Waals surface area contributed by atoms with Crippen molar-refractivity contribution in [2.45, 2.75) is 18.7 Å². The van der Waals surface area contributed by atoms with Crippen LogP contribution >= 0.6 is 11.6 Å². The summed E-state index contributed by atoms with van der Waals surface area (Å²) < 4.78 is 0. The minimum Gasteiger partial charge on any atom is -0.378 e. The summed E-state index contributed by atoms with van der Waals surface area (Å²) in [6.45, 7) is 2.50. The molecule has 0 aliphatic carbocycles. The largest absolute Gasteiger partial charge is 0.378 e. The molecule has 17 heavy (non-hydrogen) atoms. The summed E-state index contributed by atoms with van der Waals surface area (Å²) in [5.74, 6) is -0.0761. The van der Waals surface area contributed by atoms with Gasteiger partial charge in [-0.3, -0.25) is 4.79 Å². The lowest BCUT2D eigenvalue weighted by Crippen LogP contribution is -2.29. The molecule has 94 valence electrons. The molecule has 0 radical (unpaired) electrons. The van der Waals surface area contributed by atoms with Crippen molar-refractivity contribution >= 4 is 23.2 Å². The zero-order valence-electron chi connectivity index (χ0n) is 10.5. The molecule has 1 unspecified atom stereocenters. The molecular weight excluding hydrogens is 236 g/mol. The van der Waals surface area contributed by atoms with Gasteiger partial charge in [-0.2, -0.15) is 0 Å². The number of nitrogens with zero attached hydrogens (tertiary/aromatic N) is 1. The van der Waals surface area contributed by atoms with Crippen LogP contribution in [0.25, 0.3) is 0 Å². The number of anilines is 1. The fraction of sp³-hybridized carbons (Fsp3) is 0.462. The predicted molar refractivity (Wildman–Crippen MR) is 73.0 cm³/mol. The third-order valence-electron chi connectivity index (χ3n) is 2.55. The molecule has 1 aromatic carbocycles. The normalized spacial score (nSPS) is 12.0. The number of hydrogen-bond donors (Lipinski definition) is 1. The third kappa shape index (κ3) is 4.27. The lowest BCUT2D eigenvalue weighted by molar-refractivity contribution is 0.0953. The van der Waals surface area contributed by atoms with Crippen LogP contribution in [-0.4, -0.2) is 31.9 Å². The number of carbonyl (C=O) groups is 1. The van der Waals surface area contributed by atoms with E-state index in [1.165, 1.54) is 0 Å². The Morgan fingerprint density at radius 3 is 2.76 bits per heavy atom. The summed E-state index contributed by atoms with van der Waals surface area (Å²) >= 11 is 5.96. The van der Waals surface area contributed by atoms with Gasteiger partial charge in [0, 0.05) is 31.9 Å². The quantitative estimate of drug-likeness (QED) is 0.819. The summed E-state index contributed by atoms with van der Waals surface area (Å²) in [5, 5.41) is 2.82. The molecule has 0 saturated carbocycles. The van der Waals surface area contributed by atoms with E-state index in [1.807, 2.05) is 44.1 Å². The number of nitrogens with one attached hydrogen (secondary N) is 1. The average Bonchev–Trinajstić information content (AvgIpc) is 2.35. The van der Waals surface area contributed by atoms with Crippen molar-refractivity contribution in [1.29, 1.82) is 0 Å². The Kier molecular flexibility index (Phi) is 5.29. The van der Waals surface area contributed by atoms with E-state index in [1.54, 1.807) is 6.07 Å². The van der Waals surface area contributed by atoms with Crippen LogP contribution in [0.5, 0.6) is 0 Å². The summed E-state index contributed by atoms with van der Waals surface area (Å²) in [6, 6.07) is 7.51. The number of carbonyl (C=O) groups excluding carboxylic acids is 1. The van der Waals surface area contributed by atoms with E-state index in [4.69, 9.17) is 11.6 Å². The fourth-order valence-corrected chi connectivity index (χ4v) is 1.45. The van der Waals surface area contributed by atoms with Crippen LogP contribution in [0.4, 0.5) is 5.69 Å². The summed E-state index contributed by atoms with van der Waals surface area (Å²) in [7, 11) is 3.89. The maximum Gasteiger partial charge on any atom is 0.251 e. The van der Waals surface area contributed by atoms with Crippen molar-refractivity contribution in [3.8, 4) is 0 Å². The first-order valence-electron chi connectivity index (χ1n) is 5.74. The van der Waals surface area contributed by atoms with E-state index in [2.05, 4.69) is 5.32 Å². The van der Waals surface area contributed by atoms with Crippen LogP contribution in [0.2, 0.25) is 0 Å². The molecule has 1 aromatic rings. The molecule has 0 spiro atoms. The van der Waals surface area contributed by atoms with E-state index in [9.17, 15) is 4.79 Å². The van der Waals surface area contributed by atoms with Crippen LogP contribution in [0.1, 0.15) is 23.7 Å². The Bertz CT molecular complexity index is 379. The highest BCUT2D eigenvalue weighted by atomic mass is 35.5. The molecule has 0 fully saturated rings. The van der Waals surface area contributed by atoms with Crippen LogP contribution in [0, 0.1) is 0 Å². The SMILES string of the molecule is CCC(Cl)CNC(=O)c1cccc(N(C)C)c1. The van der Waals surface area contributed by atoms with Crippen molar-refractivity contribution in [1.82, 2.24) is 5.32 Å². The van der Waals surface area contributed by atoms with Gasteiger partial charge in [-0.1, -0.05) is 13.0 Å². The second-order valence-electron chi connectivity index (χ2n) is 4.16. The molecular formula is C13H19ClN2O. The summed E-state index contributed by atoms with van der Waals surface area (Å²) in [5.41, 5.74) is 1.67. The van der Waals surface area contributed by atoms with Gasteiger partial charge in [-0.15, -0.1) is 11.6 Å². The topological polar surface area (TPSA) is 32.3 Å². The van der Waals surface area contributed by atoms with Gasteiger partial charge in [0.05, 0.1) is 5.38 Å². The Morgan fingerprint density at radius 1 is 1.47 bits per heavy atom. The lowest BCUT2D eigenvalue weighted by Gasteiger charge is -2.14. The van der Waals surface area contributed by atoms with Gasteiger partial charge in [0.1, 0.15) is 0 Å². The Hall–Kier alpha value is -1.22. The molecule has 4 heteroatoms. The maximum absolute atomic E-state index is 11.9. The highest BCUT2D eigenvalue weighted by Gasteiger charge is 2.08. The smallest absolute Gasteiger partial charge is 0.251 e. The zero-order valence-corrected chi connectivity index (χ0v) is 11.3. The highest BCUT2D eigenvalue weighted by molar-refractivity contribution is 6.20. The second kappa shape index (κ2) is 6.50. The molecule has 1 N–H and O–H groups in total. The monoisotopic (exact) mass is 254 g/mol. The summed E-state index contributed by atoms with van der Waals surface area (Å²) in [6.07, 6.45) is 0.847. The molecule has 0 aliphatic heterocycles. The van der Waals surface area contributed by atoms with Crippen LogP contribution in [0.15, 0.2) is 24.3 Å². The van der Waals surface area contributed by atoms with E-state index in [0.29, 0.717) is 12.1 Å². The molecule has 0 saturated heterocycles. The average molecular weight is 255 g/mol. The minimum atomic E-state index is -0.0761. The molecule has 1 amide bonds. The first-order valence-corrected chi connectivity index (χ1v) is 6.18. The molecule has 3 nitrogen and oxygen atoms in total. The van der Waals surface area contributed by atoms with Gasteiger partial charge in [-0.05, 0) is 24.6 Å². The van der Waals surface area contributed by atoms with E-state index < -0.39 is 0 Å². The van der Waals surface area contributed by atoms with Crippen molar-refractivity contribution in [2.75, 3.05) is 25.5 Å². The second-order valence-corrected chi connectivity index (χ2v) is 4.78. The standard InChI is InChI=1S/C13H19ClN2O/c1-4-11(14)9-15-13(17)10-6-5-7-12(8-10)16(2)3/h5-8,11H,4,9H2,1-3H3,(H,15,17). The summed E-state index contributed by atoms with van der Waals surface area (Å²) in [4.78, 5) is 13.8. The molecule has 0 aliphatic rings. The number of hydrogen-bond acceptors (Lipinski definition) is 2. The van der Waals surface area contributed by atoms with Gasteiger partial charge in [0.2, 0.25) is 0 Å². The molecule has 1 atom stereocenters. The van der Waals surface area contributed by atoms with E-state index >= 15 is 0 Å². The molecule has 0 bridgehead atoms. The molecule has 0 heterocycles. The van der Waals surface area contributed by atoms with Crippen LogP contribution in [0.3, 0.4) is 0 Å². The zero-order chi connectivity index (χ0) is 12.8. The highest BCUT2D eigenvalue weighted by Crippen LogP contribution is 2.13.